The maximum atomic E-state index is 11.6. The molecule has 16 heavy (non-hydrogen) atoms. The summed E-state index contributed by atoms with van der Waals surface area (Å²) in [7, 11) is 0. The number of ether oxygens (including phenoxy) is 1. The fourth-order valence-electron chi connectivity index (χ4n) is 1.27. The topological polar surface area (TPSA) is 58.6 Å². The summed E-state index contributed by atoms with van der Waals surface area (Å²) < 4.78 is 5.27. The Morgan fingerprint density at radius 2 is 1.88 bits per heavy atom. The normalized spacial score (nSPS) is 15.4. The van der Waals surface area contributed by atoms with E-state index in [9.17, 15) is 9.90 Å². The maximum absolute atomic E-state index is 11.6. The van der Waals surface area contributed by atoms with Crippen LogP contribution >= 0.6 is 0 Å². The number of alkyl carbamates (subject to hydrolysis) is 1. The summed E-state index contributed by atoms with van der Waals surface area (Å²) in [6, 6.07) is 0. The third-order valence-electron chi connectivity index (χ3n) is 2.21. The molecule has 0 heterocycles. The van der Waals surface area contributed by atoms with Crippen LogP contribution in [0.1, 0.15) is 53.9 Å². The lowest BCUT2D eigenvalue weighted by molar-refractivity contribution is -0.0260. The first-order valence-electron chi connectivity index (χ1n) is 5.84. The number of nitrogens with one attached hydrogen (secondary N) is 1. The van der Waals surface area contributed by atoms with Crippen LogP contribution in [-0.2, 0) is 4.74 Å². The van der Waals surface area contributed by atoms with Gasteiger partial charge < -0.3 is 15.2 Å². The number of unbranched alkanes of at least 4 members (excludes halogenated alkanes) is 1. The smallest absolute Gasteiger partial charge is 0.408 e. The number of amides is 1. The van der Waals surface area contributed by atoms with Crippen molar-refractivity contribution in [1.82, 2.24) is 5.32 Å². The Morgan fingerprint density at radius 1 is 1.31 bits per heavy atom. The van der Waals surface area contributed by atoms with Crippen molar-refractivity contribution in [2.75, 3.05) is 6.61 Å². The zero-order chi connectivity index (χ0) is 12.8. The zero-order valence-electron chi connectivity index (χ0n) is 11.1. The van der Waals surface area contributed by atoms with Crippen LogP contribution in [0.4, 0.5) is 4.79 Å². The van der Waals surface area contributed by atoms with E-state index >= 15 is 0 Å². The van der Waals surface area contributed by atoms with Crippen LogP contribution in [0.15, 0.2) is 0 Å². The van der Waals surface area contributed by atoms with Crippen molar-refractivity contribution in [2.45, 2.75) is 65.0 Å². The lowest BCUT2D eigenvalue weighted by Crippen LogP contribution is -2.46. The molecule has 0 fully saturated rings. The van der Waals surface area contributed by atoms with Gasteiger partial charge in [-0.3, -0.25) is 0 Å². The van der Waals surface area contributed by atoms with Crippen molar-refractivity contribution in [3.05, 3.63) is 0 Å². The second-order valence-electron chi connectivity index (χ2n) is 5.48. The number of aliphatic hydroxyl groups is 1. The van der Waals surface area contributed by atoms with E-state index in [2.05, 4.69) is 12.2 Å². The molecule has 4 nitrogen and oxygen atoms in total. The average Bonchev–Trinajstić information content (AvgIpc) is 2.11. The molecule has 0 saturated heterocycles. The van der Waals surface area contributed by atoms with Crippen molar-refractivity contribution < 1.29 is 14.6 Å². The number of carbonyl (C=O) groups excluding carboxylic acids is 1. The molecule has 0 aliphatic rings. The molecule has 1 amide bonds. The molecule has 0 radical (unpaired) electrons. The molecule has 0 aromatic carbocycles. The van der Waals surface area contributed by atoms with Crippen LogP contribution in [0.25, 0.3) is 0 Å². The first-order chi connectivity index (χ1) is 7.22. The van der Waals surface area contributed by atoms with Gasteiger partial charge in [-0.25, -0.2) is 4.79 Å². The Bertz CT molecular complexity index is 223. The molecule has 2 N–H and O–H groups in total. The van der Waals surface area contributed by atoms with Gasteiger partial charge >= 0.3 is 6.09 Å². The lowest BCUT2D eigenvalue weighted by atomic mass is 10.00. The first kappa shape index (κ1) is 15.2. The van der Waals surface area contributed by atoms with Gasteiger partial charge in [0.2, 0.25) is 0 Å². The maximum Gasteiger partial charge on any atom is 0.408 e. The van der Waals surface area contributed by atoms with Crippen LogP contribution in [0.3, 0.4) is 0 Å². The third kappa shape index (κ3) is 6.67. The van der Waals surface area contributed by atoms with Gasteiger partial charge in [-0.15, -0.1) is 0 Å². The van der Waals surface area contributed by atoms with Gasteiger partial charge in [0.05, 0.1) is 6.61 Å². The summed E-state index contributed by atoms with van der Waals surface area (Å²) in [6.07, 6.45) is 2.15. The van der Waals surface area contributed by atoms with Crippen LogP contribution in [0.2, 0.25) is 0 Å². The van der Waals surface area contributed by atoms with Gasteiger partial charge in [-0.1, -0.05) is 13.3 Å². The first-order valence-corrected chi connectivity index (χ1v) is 5.84. The molecular weight excluding hydrogens is 206 g/mol. The van der Waals surface area contributed by atoms with Gasteiger partial charge in [0.1, 0.15) is 5.60 Å². The predicted octanol–water partition coefficient (Wildman–Crippen LogP) is 2.45. The van der Waals surface area contributed by atoms with Crippen molar-refractivity contribution in [3.63, 3.8) is 0 Å². The van der Waals surface area contributed by atoms with Crippen LogP contribution < -0.4 is 5.32 Å². The van der Waals surface area contributed by atoms with E-state index in [1.165, 1.54) is 0 Å². The van der Waals surface area contributed by atoms with Crippen LogP contribution in [0, 0.1) is 0 Å². The predicted molar refractivity (Wildman–Crippen MR) is 64.4 cm³/mol. The molecule has 0 spiro atoms. The third-order valence-corrected chi connectivity index (χ3v) is 2.21. The highest BCUT2D eigenvalue weighted by molar-refractivity contribution is 5.68. The van der Waals surface area contributed by atoms with Crippen LogP contribution in [0.5, 0.6) is 0 Å². The SMILES string of the molecule is CCCC[C@](C)(CO)OC(=O)NC(C)(C)C. The number of carbonyl (C=O) groups is 1. The standard InChI is InChI=1S/C12H25NO3/c1-6-7-8-12(5,9-14)16-10(15)13-11(2,3)4/h14H,6-9H2,1-5H3,(H,13,15)/t12-/m1/s1. The second-order valence-corrected chi connectivity index (χ2v) is 5.48. The van der Waals surface area contributed by atoms with E-state index in [0.717, 1.165) is 12.8 Å². The zero-order valence-corrected chi connectivity index (χ0v) is 11.1. The Balaban J connectivity index is 4.25. The fourth-order valence-corrected chi connectivity index (χ4v) is 1.27. The summed E-state index contributed by atoms with van der Waals surface area (Å²) in [4.78, 5) is 11.6. The minimum Gasteiger partial charge on any atom is -0.441 e. The highest BCUT2D eigenvalue weighted by Crippen LogP contribution is 2.18. The Morgan fingerprint density at radius 3 is 2.25 bits per heavy atom. The quantitative estimate of drug-likeness (QED) is 0.764. The molecule has 0 saturated carbocycles. The Labute approximate surface area is 98.4 Å². The van der Waals surface area contributed by atoms with Gasteiger partial charge in [0.15, 0.2) is 0 Å². The van der Waals surface area contributed by atoms with Crippen LogP contribution in [-0.4, -0.2) is 28.9 Å². The fraction of sp³-hybridized carbons (Fsp3) is 0.917. The Hall–Kier alpha value is -0.770. The highest BCUT2D eigenvalue weighted by Gasteiger charge is 2.28. The van der Waals surface area contributed by atoms with Crippen molar-refractivity contribution in [2.24, 2.45) is 0 Å². The number of hydrogen-bond acceptors (Lipinski definition) is 3. The molecule has 0 aromatic rings. The summed E-state index contributed by atoms with van der Waals surface area (Å²) in [5.41, 5.74) is -1.09. The van der Waals surface area contributed by atoms with E-state index < -0.39 is 11.7 Å². The average molecular weight is 231 g/mol. The summed E-state index contributed by atoms with van der Waals surface area (Å²) in [6.45, 7) is 9.33. The van der Waals surface area contributed by atoms with E-state index in [4.69, 9.17) is 4.74 Å². The molecule has 0 bridgehead atoms. The number of rotatable bonds is 5. The van der Waals surface area contributed by atoms with E-state index in [1.54, 1.807) is 6.92 Å². The molecular formula is C12H25NO3. The van der Waals surface area contributed by atoms with E-state index in [0.29, 0.717) is 6.42 Å². The Kier molecular flexibility index (Phi) is 5.79. The number of hydrogen-bond donors (Lipinski definition) is 2. The lowest BCUT2D eigenvalue weighted by Gasteiger charge is -2.29. The summed E-state index contributed by atoms with van der Waals surface area (Å²) in [5.74, 6) is 0. The van der Waals surface area contributed by atoms with Gasteiger partial charge in [-0.05, 0) is 40.5 Å². The largest absolute Gasteiger partial charge is 0.441 e. The van der Waals surface area contributed by atoms with Crippen molar-refractivity contribution >= 4 is 6.09 Å². The minimum atomic E-state index is -0.772. The molecule has 0 aliphatic heterocycles. The van der Waals surface area contributed by atoms with Gasteiger partial charge in [0, 0.05) is 5.54 Å². The minimum absolute atomic E-state index is 0.148. The second kappa shape index (κ2) is 6.09. The summed E-state index contributed by atoms with van der Waals surface area (Å²) >= 11 is 0. The van der Waals surface area contributed by atoms with Crippen molar-refractivity contribution in [3.8, 4) is 0 Å². The molecule has 0 unspecified atom stereocenters. The van der Waals surface area contributed by atoms with Crippen molar-refractivity contribution in [1.29, 1.82) is 0 Å². The molecule has 0 aromatic heterocycles. The van der Waals surface area contributed by atoms with E-state index in [1.807, 2.05) is 20.8 Å². The molecule has 96 valence electrons. The molecule has 4 heteroatoms. The van der Waals surface area contributed by atoms with Gasteiger partial charge in [0.25, 0.3) is 0 Å². The summed E-state index contributed by atoms with van der Waals surface area (Å²) in [5, 5.41) is 12.0. The molecule has 0 rings (SSSR count). The van der Waals surface area contributed by atoms with Gasteiger partial charge in [-0.2, -0.15) is 0 Å². The molecule has 0 aliphatic carbocycles. The molecule has 1 atom stereocenters. The highest BCUT2D eigenvalue weighted by atomic mass is 16.6. The van der Waals surface area contributed by atoms with E-state index in [-0.39, 0.29) is 12.1 Å². The number of aliphatic hydroxyl groups excluding tert-OH is 1. The monoisotopic (exact) mass is 231 g/mol.